The lowest BCUT2D eigenvalue weighted by molar-refractivity contribution is -0.138. The molecule has 144 valence electrons. The highest BCUT2D eigenvalue weighted by atomic mass is 79.9. The molecule has 1 heterocycles. The van der Waals surface area contributed by atoms with Crippen molar-refractivity contribution in [1.29, 1.82) is 0 Å². The van der Waals surface area contributed by atoms with E-state index in [9.17, 15) is 18.0 Å². The van der Waals surface area contributed by atoms with Gasteiger partial charge in [0.1, 0.15) is 0 Å². The van der Waals surface area contributed by atoms with Crippen molar-refractivity contribution in [3.05, 3.63) is 64.1 Å². The molecule has 7 heteroatoms. The quantitative estimate of drug-likeness (QED) is 0.614. The summed E-state index contributed by atoms with van der Waals surface area (Å²) in [5, 5.41) is 2.84. The summed E-state index contributed by atoms with van der Waals surface area (Å²) >= 11 is 3.34. The molecule has 2 amide bonds. The van der Waals surface area contributed by atoms with Crippen LogP contribution in [0, 0.1) is 0 Å². The summed E-state index contributed by atoms with van der Waals surface area (Å²) in [7, 11) is 0. The number of anilines is 1. The molecule has 27 heavy (non-hydrogen) atoms. The standard InChI is InChI=1S/C20H20BrF3N2O/c1-19(13-14-5-2-3-6-17(14)20(22,23)24)11-4-12-26(19)18(27)25-16-9-7-15(21)8-10-16/h2-3,5-10H,4,11-13H2,1H3,(H,25,27). The van der Waals surface area contributed by atoms with Crippen molar-refractivity contribution in [2.75, 3.05) is 11.9 Å². The molecule has 1 N–H and O–H groups in total. The number of benzene rings is 2. The van der Waals surface area contributed by atoms with Gasteiger partial charge >= 0.3 is 12.2 Å². The zero-order valence-corrected chi connectivity index (χ0v) is 16.4. The van der Waals surface area contributed by atoms with Crippen molar-refractivity contribution in [2.24, 2.45) is 0 Å². The van der Waals surface area contributed by atoms with Gasteiger partial charge in [-0.2, -0.15) is 13.2 Å². The molecule has 0 radical (unpaired) electrons. The van der Waals surface area contributed by atoms with Crippen LogP contribution in [-0.4, -0.2) is 23.0 Å². The molecule has 0 spiro atoms. The highest BCUT2D eigenvalue weighted by molar-refractivity contribution is 9.10. The first-order valence-corrected chi connectivity index (χ1v) is 9.48. The predicted octanol–water partition coefficient (Wildman–Crippen LogP) is 6.10. The van der Waals surface area contributed by atoms with Gasteiger partial charge in [-0.15, -0.1) is 0 Å². The maximum atomic E-state index is 13.3. The minimum absolute atomic E-state index is 0.163. The Kier molecular flexibility index (Phi) is 5.51. The largest absolute Gasteiger partial charge is 0.416 e. The van der Waals surface area contributed by atoms with Crippen molar-refractivity contribution < 1.29 is 18.0 Å². The van der Waals surface area contributed by atoms with Gasteiger partial charge in [-0.3, -0.25) is 0 Å². The molecule has 1 aliphatic heterocycles. The molecule has 0 aromatic heterocycles. The van der Waals surface area contributed by atoms with Gasteiger partial charge < -0.3 is 10.2 Å². The third-order valence-electron chi connectivity index (χ3n) is 4.98. The van der Waals surface area contributed by atoms with Crippen LogP contribution in [0.3, 0.4) is 0 Å². The number of carbonyl (C=O) groups excluding carboxylic acids is 1. The van der Waals surface area contributed by atoms with Crippen LogP contribution in [0.2, 0.25) is 0 Å². The van der Waals surface area contributed by atoms with E-state index in [1.54, 1.807) is 23.1 Å². The number of nitrogens with zero attached hydrogens (tertiary/aromatic N) is 1. The SMILES string of the molecule is CC1(Cc2ccccc2C(F)(F)F)CCCN1C(=O)Nc1ccc(Br)cc1. The highest BCUT2D eigenvalue weighted by Crippen LogP contribution is 2.38. The first-order valence-electron chi connectivity index (χ1n) is 8.68. The van der Waals surface area contributed by atoms with Crippen molar-refractivity contribution in [1.82, 2.24) is 4.90 Å². The number of nitrogens with one attached hydrogen (secondary N) is 1. The second kappa shape index (κ2) is 7.54. The normalized spacial score (nSPS) is 20.0. The minimum Gasteiger partial charge on any atom is -0.319 e. The van der Waals surface area contributed by atoms with Gasteiger partial charge in [-0.05, 0) is 62.1 Å². The third-order valence-corrected chi connectivity index (χ3v) is 5.51. The van der Waals surface area contributed by atoms with E-state index in [0.29, 0.717) is 18.7 Å². The van der Waals surface area contributed by atoms with E-state index in [2.05, 4.69) is 21.2 Å². The third kappa shape index (κ3) is 4.46. The predicted molar refractivity (Wildman–Crippen MR) is 103 cm³/mol. The summed E-state index contributed by atoms with van der Waals surface area (Å²) in [6.45, 7) is 2.38. The molecule has 0 bridgehead atoms. The number of rotatable bonds is 3. The Labute approximate surface area is 164 Å². The molecule has 1 aliphatic rings. The zero-order chi connectivity index (χ0) is 19.7. The number of likely N-dealkylation sites (tertiary alicyclic amines) is 1. The van der Waals surface area contributed by atoms with E-state index in [1.165, 1.54) is 12.1 Å². The summed E-state index contributed by atoms with van der Waals surface area (Å²) < 4.78 is 40.9. The zero-order valence-electron chi connectivity index (χ0n) is 14.8. The summed E-state index contributed by atoms with van der Waals surface area (Å²) in [5.74, 6) is 0. The Balaban J connectivity index is 1.80. The summed E-state index contributed by atoms with van der Waals surface area (Å²) in [6, 6.07) is 12.5. The number of carbonyl (C=O) groups is 1. The Morgan fingerprint density at radius 1 is 1.19 bits per heavy atom. The fourth-order valence-corrected chi connectivity index (χ4v) is 3.90. The number of amides is 2. The van der Waals surface area contributed by atoms with Crippen LogP contribution in [-0.2, 0) is 12.6 Å². The summed E-state index contributed by atoms with van der Waals surface area (Å²) in [6.07, 6.45) is -2.82. The maximum absolute atomic E-state index is 13.3. The molecule has 1 fully saturated rings. The van der Waals surface area contributed by atoms with E-state index < -0.39 is 17.3 Å². The van der Waals surface area contributed by atoms with Gasteiger partial charge in [-0.25, -0.2) is 4.79 Å². The molecule has 1 atom stereocenters. The van der Waals surface area contributed by atoms with Crippen LogP contribution < -0.4 is 5.32 Å². The molecule has 3 rings (SSSR count). The minimum atomic E-state index is -4.41. The fraction of sp³-hybridized carbons (Fsp3) is 0.350. The molecule has 1 saturated heterocycles. The van der Waals surface area contributed by atoms with Crippen LogP contribution >= 0.6 is 15.9 Å². The lowest BCUT2D eigenvalue weighted by atomic mass is 9.88. The monoisotopic (exact) mass is 440 g/mol. The second-order valence-electron chi connectivity index (χ2n) is 7.02. The van der Waals surface area contributed by atoms with Gasteiger partial charge in [0.05, 0.1) is 5.56 Å². The van der Waals surface area contributed by atoms with Crippen molar-refractivity contribution in [3.63, 3.8) is 0 Å². The molecule has 0 aliphatic carbocycles. The Hall–Kier alpha value is -2.02. The molecule has 0 saturated carbocycles. The van der Waals surface area contributed by atoms with Gasteiger partial charge in [-0.1, -0.05) is 34.1 Å². The average Bonchev–Trinajstić information content (AvgIpc) is 2.98. The Bertz CT molecular complexity index is 823. The van der Waals surface area contributed by atoms with E-state index in [1.807, 2.05) is 19.1 Å². The van der Waals surface area contributed by atoms with Crippen LogP contribution in [0.25, 0.3) is 0 Å². The van der Waals surface area contributed by atoms with E-state index in [0.717, 1.165) is 17.0 Å². The van der Waals surface area contributed by atoms with Crippen LogP contribution in [0.1, 0.15) is 30.9 Å². The van der Waals surface area contributed by atoms with Crippen molar-refractivity contribution in [2.45, 2.75) is 37.9 Å². The summed E-state index contributed by atoms with van der Waals surface area (Å²) in [5.41, 5.74) is -0.434. The fourth-order valence-electron chi connectivity index (χ4n) is 3.64. The highest BCUT2D eigenvalue weighted by Gasteiger charge is 2.42. The number of halogens is 4. The Morgan fingerprint density at radius 3 is 2.52 bits per heavy atom. The molecular weight excluding hydrogens is 421 g/mol. The lowest BCUT2D eigenvalue weighted by Gasteiger charge is -2.36. The molecule has 3 nitrogen and oxygen atoms in total. The Morgan fingerprint density at radius 2 is 1.85 bits per heavy atom. The number of hydrogen-bond acceptors (Lipinski definition) is 1. The number of urea groups is 1. The first-order chi connectivity index (χ1) is 12.7. The lowest BCUT2D eigenvalue weighted by Crippen LogP contribution is -2.48. The maximum Gasteiger partial charge on any atom is 0.416 e. The molecule has 1 unspecified atom stereocenters. The van der Waals surface area contributed by atoms with Gasteiger partial charge in [0.2, 0.25) is 0 Å². The van der Waals surface area contributed by atoms with E-state index in [-0.39, 0.29) is 18.0 Å². The van der Waals surface area contributed by atoms with E-state index in [4.69, 9.17) is 0 Å². The number of alkyl halides is 3. The van der Waals surface area contributed by atoms with Crippen LogP contribution in [0.4, 0.5) is 23.7 Å². The van der Waals surface area contributed by atoms with Gasteiger partial charge in [0.15, 0.2) is 0 Å². The molecular formula is C20H20BrF3N2O. The first kappa shape index (κ1) is 19.7. The average molecular weight is 441 g/mol. The molecule has 2 aromatic carbocycles. The number of hydrogen-bond donors (Lipinski definition) is 1. The van der Waals surface area contributed by atoms with Crippen molar-refractivity contribution in [3.8, 4) is 0 Å². The van der Waals surface area contributed by atoms with Crippen molar-refractivity contribution >= 4 is 27.6 Å². The van der Waals surface area contributed by atoms with Crippen LogP contribution in [0.5, 0.6) is 0 Å². The van der Waals surface area contributed by atoms with Gasteiger partial charge in [0, 0.05) is 22.2 Å². The van der Waals surface area contributed by atoms with E-state index >= 15 is 0 Å². The summed E-state index contributed by atoms with van der Waals surface area (Å²) in [4.78, 5) is 14.4. The molecule has 2 aromatic rings. The van der Waals surface area contributed by atoms with Gasteiger partial charge in [0.25, 0.3) is 0 Å². The van der Waals surface area contributed by atoms with Crippen LogP contribution in [0.15, 0.2) is 53.0 Å². The second-order valence-corrected chi connectivity index (χ2v) is 7.94. The topological polar surface area (TPSA) is 32.3 Å². The smallest absolute Gasteiger partial charge is 0.319 e.